The van der Waals surface area contributed by atoms with E-state index >= 15 is 8.78 Å². The van der Waals surface area contributed by atoms with Crippen LogP contribution in [0.25, 0.3) is 0 Å². The number of hydrogen-bond acceptors (Lipinski definition) is 6. The predicted molar refractivity (Wildman–Crippen MR) is 164 cm³/mol. The first kappa shape index (κ1) is 33.5. The molecule has 0 unspecified atom stereocenters. The van der Waals surface area contributed by atoms with Gasteiger partial charge in [-0.15, -0.1) is 0 Å². The Morgan fingerprint density at radius 3 is 2.16 bits per heavy atom. The van der Waals surface area contributed by atoms with E-state index in [-0.39, 0.29) is 17.2 Å². The summed E-state index contributed by atoms with van der Waals surface area (Å²) >= 11 is 6.16. The van der Waals surface area contributed by atoms with Crippen LogP contribution in [-0.2, 0) is 11.2 Å². The lowest BCUT2D eigenvalue weighted by Gasteiger charge is -2.63. The number of carbonyl (C=O) groups excluding carboxylic acids is 2. The molecule has 0 spiro atoms. The molecule has 1 aliphatic carbocycles. The summed E-state index contributed by atoms with van der Waals surface area (Å²) in [5.41, 5.74) is -1.56. The molecule has 238 valence electrons. The molecule has 11 heteroatoms. The number of nitrogens with zero attached hydrogens (tertiary/aromatic N) is 3. The van der Waals surface area contributed by atoms with Crippen molar-refractivity contribution < 1.29 is 27.8 Å². The van der Waals surface area contributed by atoms with Crippen LogP contribution in [0.4, 0.5) is 13.6 Å². The van der Waals surface area contributed by atoms with Gasteiger partial charge in [-0.2, -0.15) is 5.26 Å². The summed E-state index contributed by atoms with van der Waals surface area (Å²) in [5, 5.41) is 12.3. The van der Waals surface area contributed by atoms with Crippen molar-refractivity contribution in [2.45, 2.75) is 72.6 Å². The van der Waals surface area contributed by atoms with Gasteiger partial charge in [0.05, 0.1) is 10.6 Å². The minimum absolute atomic E-state index is 0.278. The van der Waals surface area contributed by atoms with E-state index in [4.69, 9.17) is 26.3 Å². The van der Waals surface area contributed by atoms with Gasteiger partial charge >= 0.3 is 6.09 Å². The van der Waals surface area contributed by atoms with Gasteiger partial charge in [0, 0.05) is 55.7 Å². The number of amides is 2. The molecule has 1 aliphatic heterocycles. The van der Waals surface area contributed by atoms with Crippen molar-refractivity contribution >= 4 is 23.6 Å². The van der Waals surface area contributed by atoms with Gasteiger partial charge in [-0.3, -0.25) is 9.69 Å². The zero-order chi connectivity index (χ0) is 32.6. The van der Waals surface area contributed by atoms with Crippen molar-refractivity contribution in [2.75, 3.05) is 32.7 Å². The second-order valence-electron chi connectivity index (χ2n) is 13.8. The Morgan fingerprint density at radius 1 is 1.05 bits per heavy atom. The number of nitrogens with one attached hydrogen (secondary N) is 1. The van der Waals surface area contributed by atoms with Gasteiger partial charge in [0.2, 0.25) is 0 Å². The molecule has 0 aromatic heterocycles. The molecule has 2 aromatic rings. The Balaban J connectivity index is 1.35. The van der Waals surface area contributed by atoms with Gasteiger partial charge in [0.15, 0.2) is 0 Å². The van der Waals surface area contributed by atoms with Crippen LogP contribution >= 0.6 is 11.6 Å². The summed E-state index contributed by atoms with van der Waals surface area (Å²) in [5.74, 6) is -2.16. The molecule has 1 saturated heterocycles. The smallest absolute Gasteiger partial charge is 0.410 e. The maximum Gasteiger partial charge on any atom is 0.410 e. The zero-order valence-electron chi connectivity index (χ0n) is 26.4. The maximum atomic E-state index is 15.2. The number of ether oxygens (including phenoxy) is 2. The second-order valence-corrected chi connectivity index (χ2v) is 14.2. The normalized spacial score (nSPS) is 21.2. The lowest BCUT2D eigenvalue weighted by Crippen LogP contribution is -2.74. The Bertz CT molecular complexity index is 1420. The highest BCUT2D eigenvalue weighted by atomic mass is 35.5. The molecule has 2 aromatic carbocycles. The van der Waals surface area contributed by atoms with Gasteiger partial charge in [0.25, 0.3) is 5.91 Å². The van der Waals surface area contributed by atoms with Crippen LogP contribution in [0.5, 0.6) is 5.75 Å². The summed E-state index contributed by atoms with van der Waals surface area (Å²) in [6.07, 6.45) is -0.307. The Kier molecular flexibility index (Phi) is 9.53. The highest BCUT2D eigenvalue weighted by Gasteiger charge is 2.64. The third-order valence-corrected chi connectivity index (χ3v) is 8.81. The Hall–Kier alpha value is -3.42. The van der Waals surface area contributed by atoms with E-state index in [1.165, 1.54) is 12.1 Å². The molecule has 4 rings (SSSR count). The van der Waals surface area contributed by atoms with Crippen molar-refractivity contribution in [2.24, 2.45) is 10.8 Å². The number of carbonyl (C=O) groups is 2. The topological polar surface area (TPSA) is 94.9 Å². The van der Waals surface area contributed by atoms with E-state index in [1.54, 1.807) is 23.1 Å². The van der Waals surface area contributed by atoms with Gasteiger partial charge in [-0.25, -0.2) is 13.6 Å². The third-order valence-electron chi connectivity index (χ3n) is 8.50. The van der Waals surface area contributed by atoms with Gasteiger partial charge < -0.3 is 19.7 Å². The van der Waals surface area contributed by atoms with E-state index < -0.39 is 45.6 Å². The number of hydrogen-bond donors (Lipinski definition) is 1. The summed E-state index contributed by atoms with van der Waals surface area (Å²) in [4.78, 5) is 29.3. The van der Waals surface area contributed by atoms with E-state index in [1.807, 2.05) is 54.5 Å². The van der Waals surface area contributed by atoms with Gasteiger partial charge in [-0.1, -0.05) is 39.3 Å². The fraction of sp³-hybridized carbons (Fsp3) is 0.545. The van der Waals surface area contributed by atoms with Crippen LogP contribution in [0, 0.1) is 33.8 Å². The molecule has 44 heavy (non-hydrogen) atoms. The van der Waals surface area contributed by atoms with E-state index in [9.17, 15) is 9.59 Å². The molecule has 1 heterocycles. The van der Waals surface area contributed by atoms with Gasteiger partial charge in [0.1, 0.15) is 40.7 Å². The van der Waals surface area contributed by atoms with Crippen LogP contribution in [-0.4, -0.2) is 72.3 Å². The lowest BCUT2D eigenvalue weighted by atomic mass is 9.49. The summed E-state index contributed by atoms with van der Waals surface area (Å²) in [7, 11) is 0. The van der Waals surface area contributed by atoms with E-state index in [2.05, 4.69) is 10.2 Å². The van der Waals surface area contributed by atoms with Crippen molar-refractivity contribution in [1.29, 1.82) is 5.26 Å². The van der Waals surface area contributed by atoms with Crippen LogP contribution in [0.3, 0.4) is 0 Å². The van der Waals surface area contributed by atoms with Gasteiger partial charge in [-0.05, 0) is 57.0 Å². The number of rotatable bonds is 7. The minimum Gasteiger partial charge on any atom is -0.489 e. The third kappa shape index (κ3) is 7.10. The maximum absolute atomic E-state index is 15.2. The average Bonchev–Trinajstić information content (AvgIpc) is 2.92. The highest BCUT2D eigenvalue weighted by Crippen LogP contribution is 2.55. The first-order valence-corrected chi connectivity index (χ1v) is 15.2. The van der Waals surface area contributed by atoms with E-state index in [0.29, 0.717) is 56.0 Å². The molecule has 0 bridgehead atoms. The molecule has 2 amide bonds. The van der Waals surface area contributed by atoms with Crippen LogP contribution in [0.1, 0.15) is 70.0 Å². The second kappa shape index (κ2) is 12.5. The largest absolute Gasteiger partial charge is 0.489 e. The fourth-order valence-electron chi connectivity index (χ4n) is 6.55. The molecule has 2 aliphatic rings. The zero-order valence-corrected chi connectivity index (χ0v) is 27.1. The quantitative estimate of drug-likeness (QED) is 0.392. The molecular weight excluding hydrogens is 590 g/mol. The molecule has 2 fully saturated rings. The summed E-state index contributed by atoms with van der Waals surface area (Å²) in [6, 6.07) is 8.82. The minimum atomic E-state index is -0.915. The SMILES string of the molecule is CC(C)(C)OC(=O)N1CCN(CCc2cc(F)c(C(=O)N[C@H]3C(C)(C)[C@H](Oc4ccc(C#N)c(Cl)c4)C3(C)C)c(F)c2)CC1. The molecule has 1 N–H and O–H groups in total. The number of piperazine rings is 1. The average molecular weight is 631 g/mol. The molecule has 1 saturated carbocycles. The van der Waals surface area contributed by atoms with Crippen LogP contribution < -0.4 is 10.1 Å². The number of nitriles is 1. The van der Waals surface area contributed by atoms with Crippen molar-refractivity contribution in [1.82, 2.24) is 15.1 Å². The highest BCUT2D eigenvalue weighted by molar-refractivity contribution is 6.31. The van der Waals surface area contributed by atoms with Crippen molar-refractivity contribution in [3.05, 3.63) is 63.7 Å². The summed E-state index contributed by atoms with van der Waals surface area (Å²) < 4.78 is 42.0. The number of benzene rings is 2. The fourth-order valence-corrected chi connectivity index (χ4v) is 6.77. The van der Waals surface area contributed by atoms with E-state index in [0.717, 1.165) is 0 Å². The number of halogens is 3. The standard InChI is InChI=1S/C33H41ClF2N4O4/c1-31(2,3)44-30(42)40-14-12-39(13-15-40)11-10-20-16-24(35)26(25(36)17-20)27(41)38-28-32(4,5)29(33(28,6)7)43-22-9-8-21(19-37)23(34)18-22/h8-9,16-18,28-29H,10-15H2,1-7H3,(H,38,41)/t28-,29-. The molecule has 0 atom stereocenters. The Labute approximate surface area is 263 Å². The predicted octanol–water partition coefficient (Wildman–Crippen LogP) is 6.20. The first-order chi connectivity index (χ1) is 20.4. The van der Waals surface area contributed by atoms with Crippen molar-refractivity contribution in [3.8, 4) is 11.8 Å². The summed E-state index contributed by atoms with van der Waals surface area (Å²) in [6.45, 7) is 16.0. The van der Waals surface area contributed by atoms with Crippen LogP contribution in [0.15, 0.2) is 30.3 Å². The van der Waals surface area contributed by atoms with Crippen molar-refractivity contribution in [3.63, 3.8) is 0 Å². The monoisotopic (exact) mass is 630 g/mol. The Morgan fingerprint density at radius 2 is 1.64 bits per heavy atom. The first-order valence-electron chi connectivity index (χ1n) is 14.8. The molecular formula is C33H41ClF2N4O4. The molecule has 0 radical (unpaired) electrons. The van der Waals surface area contributed by atoms with Crippen LogP contribution in [0.2, 0.25) is 5.02 Å². The molecule has 8 nitrogen and oxygen atoms in total. The lowest BCUT2D eigenvalue weighted by molar-refractivity contribution is -0.164.